The van der Waals surface area contributed by atoms with E-state index in [1.54, 1.807) is 12.4 Å². The molecule has 4 aromatic rings. The number of aryl methyl sites for hydroxylation is 1. The van der Waals surface area contributed by atoms with Crippen LogP contribution >= 0.6 is 27.7 Å². The predicted octanol–water partition coefficient (Wildman–Crippen LogP) is 4.93. The fourth-order valence-electron chi connectivity index (χ4n) is 2.95. The number of aliphatic hydroxyl groups excluding tert-OH is 1. The van der Waals surface area contributed by atoms with Crippen LogP contribution in [0.4, 0.5) is 0 Å². The van der Waals surface area contributed by atoms with Crippen molar-refractivity contribution in [2.45, 2.75) is 18.2 Å². The van der Waals surface area contributed by atoms with Crippen molar-refractivity contribution in [1.29, 1.82) is 0 Å². The molecule has 0 saturated heterocycles. The van der Waals surface area contributed by atoms with Gasteiger partial charge in [-0.1, -0.05) is 51.5 Å². The van der Waals surface area contributed by atoms with Crippen molar-refractivity contribution >= 4 is 27.7 Å². The van der Waals surface area contributed by atoms with Gasteiger partial charge in [0.15, 0.2) is 11.0 Å². The summed E-state index contributed by atoms with van der Waals surface area (Å²) in [5.74, 6) is 1.86. The molecule has 0 aliphatic carbocycles. The minimum atomic E-state index is -0.656. The number of pyridine rings is 1. The second kappa shape index (κ2) is 10.1. The third-order valence-electron chi connectivity index (χ3n) is 4.51. The Kier molecular flexibility index (Phi) is 7.01. The smallest absolute Gasteiger partial charge is 0.196 e. The summed E-state index contributed by atoms with van der Waals surface area (Å²) in [6.45, 7) is 2.25. The van der Waals surface area contributed by atoms with Crippen LogP contribution in [0.25, 0.3) is 17.1 Å². The van der Waals surface area contributed by atoms with Crippen molar-refractivity contribution in [1.82, 2.24) is 19.7 Å². The van der Waals surface area contributed by atoms with Gasteiger partial charge in [0, 0.05) is 33.9 Å². The fourth-order valence-corrected chi connectivity index (χ4v) is 4.18. The lowest BCUT2D eigenvalue weighted by Gasteiger charge is -2.14. The monoisotopic (exact) mass is 496 g/mol. The Morgan fingerprint density at radius 2 is 1.84 bits per heavy atom. The van der Waals surface area contributed by atoms with Gasteiger partial charge in [0.05, 0.1) is 6.10 Å². The lowest BCUT2D eigenvalue weighted by atomic mass is 10.2. The fraction of sp³-hybridized carbons (Fsp3) is 0.174. The van der Waals surface area contributed by atoms with Crippen LogP contribution in [0.15, 0.2) is 82.7 Å². The Balaban J connectivity index is 1.51. The molecule has 4 rings (SSSR count). The average molecular weight is 497 g/mol. The minimum absolute atomic E-state index is 0.194. The molecule has 1 unspecified atom stereocenters. The molecule has 0 fully saturated rings. The Hall–Kier alpha value is -2.68. The van der Waals surface area contributed by atoms with Crippen LogP contribution in [0.3, 0.4) is 0 Å². The molecule has 0 saturated carbocycles. The van der Waals surface area contributed by atoms with Crippen molar-refractivity contribution in [2.75, 3.05) is 12.4 Å². The van der Waals surface area contributed by atoms with E-state index < -0.39 is 6.10 Å². The molecule has 0 spiro atoms. The standard InChI is InChI=1S/C23H21BrN4O2S/c1-16-5-7-19(8-6-16)28-22(17-9-11-25-12-10-17)26-27-23(28)31-15-20(29)14-30-21-4-2-3-18(24)13-21/h2-13,20,29H,14-15H2,1H3. The van der Waals surface area contributed by atoms with E-state index in [2.05, 4.69) is 50.2 Å². The van der Waals surface area contributed by atoms with Gasteiger partial charge in [0.1, 0.15) is 12.4 Å². The summed E-state index contributed by atoms with van der Waals surface area (Å²) in [6.07, 6.45) is 2.81. The van der Waals surface area contributed by atoms with Gasteiger partial charge in [-0.05, 0) is 49.4 Å². The molecule has 31 heavy (non-hydrogen) atoms. The van der Waals surface area contributed by atoms with Crippen LogP contribution in [0, 0.1) is 6.92 Å². The predicted molar refractivity (Wildman–Crippen MR) is 126 cm³/mol. The maximum Gasteiger partial charge on any atom is 0.196 e. The maximum absolute atomic E-state index is 10.4. The first-order valence-corrected chi connectivity index (χ1v) is 11.5. The topological polar surface area (TPSA) is 73.1 Å². The van der Waals surface area contributed by atoms with Gasteiger partial charge in [0.2, 0.25) is 0 Å². The van der Waals surface area contributed by atoms with E-state index in [0.717, 1.165) is 21.5 Å². The number of halogens is 1. The number of thioether (sulfide) groups is 1. The van der Waals surface area contributed by atoms with Gasteiger partial charge in [0.25, 0.3) is 0 Å². The zero-order chi connectivity index (χ0) is 21.6. The van der Waals surface area contributed by atoms with E-state index in [-0.39, 0.29) is 6.61 Å². The van der Waals surface area contributed by atoms with Crippen molar-refractivity contribution in [3.63, 3.8) is 0 Å². The highest BCUT2D eigenvalue weighted by Crippen LogP contribution is 2.28. The molecule has 1 atom stereocenters. The number of ether oxygens (including phenoxy) is 1. The Bertz CT molecular complexity index is 1140. The number of hydrogen-bond acceptors (Lipinski definition) is 6. The summed E-state index contributed by atoms with van der Waals surface area (Å²) >= 11 is 4.86. The van der Waals surface area contributed by atoms with Crippen LogP contribution in [-0.2, 0) is 0 Å². The van der Waals surface area contributed by atoms with Gasteiger partial charge >= 0.3 is 0 Å². The number of nitrogens with zero attached hydrogens (tertiary/aromatic N) is 4. The van der Waals surface area contributed by atoms with Crippen LogP contribution in [0.2, 0.25) is 0 Å². The van der Waals surface area contributed by atoms with Crippen LogP contribution < -0.4 is 4.74 Å². The molecule has 0 amide bonds. The van der Waals surface area contributed by atoms with E-state index >= 15 is 0 Å². The van der Waals surface area contributed by atoms with Crippen LogP contribution in [-0.4, -0.2) is 43.3 Å². The molecule has 2 aromatic heterocycles. The number of hydrogen-bond donors (Lipinski definition) is 1. The Labute approximate surface area is 193 Å². The molecule has 0 radical (unpaired) electrons. The largest absolute Gasteiger partial charge is 0.491 e. The van der Waals surface area contributed by atoms with Gasteiger partial charge in [-0.3, -0.25) is 9.55 Å². The second-order valence-electron chi connectivity index (χ2n) is 6.95. The molecule has 2 heterocycles. The van der Waals surface area contributed by atoms with Gasteiger partial charge in [-0.25, -0.2) is 0 Å². The first-order chi connectivity index (χ1) is 15.1. The summed E-state index contributed by atoms with van der Waals surface area (Å²) < 4.78 is 8.63. The lowest BCUT2D eigenvalue weighted by molar-refractivity contribution is 0.126. The summed E-state index contributed by atoms with van der Waals surface area (Å²) in [5.41, 5.74) is 3.06. The molecular formula is C23H21BrN4O2S. The molecule has 6 nitrogen and oxygen atoms in total. The van der Waals surface area contributed by atoms with Crippen molar-refractivity contribution < 1.29 is 9.84 Å². The van der Waals surface area contributed by atoms with Crippen molar-refractivity contribution in [3.8, 4) is 22.8 Å². The van der Waals surface area contributed by atoms with Crippen LogP contribution in [0.5, 0.6) is 5.75 Å². The first-order valence-electron chi connectivity index (χ1n) is 9.72. The molecule has 8 heteroatoms. The lowest BCUT2D eigenvalue weighted by Crippen LogP contribution is -2.20. The quantitative estimate of drug-likeness (QED) is 0.348. The highest BCUT2D eigenvalue weighted by molar-refractivity contribution is 9.10. The summed E-state index contributed by atoms with van der Waals surface area (Å²) in [5, 5.41) is 19.9. The maximum atomic E-state index is 10.4. The average Bonchev–Trinajstić information content (AvgIpc) is 3.21. The SMILES string of the molecule is Cc1ccc(-n2c(SCC(O)COc3cccc(Br)c3)nnc2-c2ccncc2)cc1. The normalized spacial score (nSPS) is 12.0. The Morgan fingerprint density at radius 1 is 1.06 bits per heavy atom. The molecular weight excluding hydrogens is 476 g/mol. The molecule has 0 aliphatic rings. The molecule has 2 aromatic carbocycles. The van der Waals surface area contributed by atoms with Gasteiger partial charge in [-0.15, -0.1) is 10.2 Å². The summed E-state index contributed by atoms with van der Waals surface area (Å²) in [4.78, 5) is 4.09. The summed E-state index contributed by atoms with van der Waals surface area (Å²) in [6, 6.07) is 19.6. The van der Waals surface area contributed by atoms with E-state index in [1.165, 1.54) is 17.3 Å². The van der Waals surface area contributed by atoms with E-state index in [9.17, 15) is 5.11 Å². The molecule has 158 valence electrons. The van der Waals surface area contributed by atoms with Crippen molar-refractivity contribution in [3.05, 3.63) is 83.1 Å². The van der Waals surface area contributed by atoms with Crippen molar-refractivity contribution in [2.24, 2.45) is 0 Å². The number of rotatable bonds is 8. The highest BCUT2D eigenvalue weighted by atomic mass is 79.9. The van der Waals surface area contributed by atoms with Gasteiger partial charge in [-0.2, -0.15) is 0 Å². The van der Waals surface area contributed by atoms with Gasteiger partial charge < -0.3 is 9.84 Å². The highest BCUT2D eigenvalue weighted by Gasteiger charge is 2.17. The molecule has 0 bridgehead atoms. The Morgan fingerprint density at radius 3 is 2.58 bits per heavy atom. The molecule has 0 aliphatic heterocycles. The second-order valence-corrected chi connectivity index (χ2v) is 8.85. The van der Waals surface area contributed by atoms with E-state index in [4.69, 9.17) is 4.74 Å². The zero-order valence-electron chi connectivity index (χ0n) is 16.9. The first kappa shape index (κ1) is 21.5. The summed E-state index contributed by atoms with van der Waals surface area (Å²) in [7, 11) is 0. The number of benzene rings is 2. The van der Waals surface area contributed by atoms with E-state index in [1.807, 2.05) is 53.1 Å². The number of aliphatic hydroxyl groups is 1. The van der Waals surface area contributed by atoms with E-state index in [0.29, 0.717) is 16.7 Å². The third-order valence-corrected chi connectivity index (χ3v) is 6.07. The third kappa shape index (κ3) is 5.52. The number of aromatic nitrogens is 4. The minimum Gasteiger partial charge on any atom is -0.491 e. The zero-order valence-corrected chi connectivity index (χ0v) is 19.3. The van der Waals surface area contributed by atoms with Crippen LogP contribution in [0.1, 0.15) is 5.56 Å². The molecule has 1 N–H and O–H groups in total.